The maximum Gasteiger partial charge on any atom is 0.407 e. The van der Waals surface area contributed by atoms with Crippen molar-refractivity contribution in [3.8, 4) is 5.75 Å². The van der Waals surface area contributed by atoms with Crippen molar-refractivity contribution in [2.75, 3.05) is 13.1 Å². The van der Waals surface area contributed by atoms with Crippen LogP contribution in [0, 0.1) is 0 Å². The smallest absolute Gasteiger partial charge is 0.407 e. The topological polar surface area (TPSA) is 50.8 Å². The van der Waals surface area contributed by atoms with Gasteiger partial charge in [-0.15, -0.1) is 0 Å². The van der Waals surface area contributed by atoms with Crippen LogP contribution in [0.4, 0.5) is 4.79 Å². The third kappa shape index (κ3) is 8.02. The van der Waals surface area contributed by atoms with Gasteiger partial charge in [0.15, 0.2) is 0 Å². The average Bonchev–Trinajstić information content (AvgIpc) is 2.69. The number of ether oxygens (including phenoxy) is 2. The summed E-state index contributed by atoms with van der Waals surface area (Å²) in [4.78, 5) is 14.4. The Morgan fingerprint density at radius 1 is 1.16 bits per heavy atom. The van der Waals surface area contributed by atoms with E-state index >= 15 is 0 Å². The van der Waals surface area contributed by atoms with Crippen LogP contribution in [0.5, 0.6) is 5.75 Å². The van der Waals surface area contributed by atoms with E-state index in [9.17, 15) is 4.79 Å². The first-order chi connectivity index (χ1) is 14.7. The summed E-state index contributed by atoms with van der Waals surface area (Å²) in [6.45, 7) is 8.73. The molecule has 0 aromatic heterocycles. The van der Waals surface area contributed by atoms with Gasteiger partial charge < -0.3 is 14.8 Å². The number of hydrogen-bond acceptors (Lipinski definition) is 4. The molecule has 1 aliphatic heterocycles. The highest BCUT2D eigenvalue weighted by molar-refractivity contribution is 9.10. The fraction of sp³-hybridized carbons (Fsp3) is 0.458. The Morgan fingerprint density at radius 3 is 2.48 bits per heavy atom. The molecule has 2 aromatic rings. The number of benzene rings is 2. The molecular weight excluding hydrogens is 480 g/mol. The quantitative estimate of drug-likeness (QED) is 0.506. The number of likely N-dealkylation sites (tertiary alicyclic amines) is 1. The molecule has 5 nitrogen and oxygen atoms in total. The van der Waals surface area contributed by atoms with E-state index in [-0.39, 0.29) is 12.1 Å². The number of hydrogen-bond donors (Lipinski definition) is 1. The van der Waals surface area contributed by atoms with Gasteiger partial charge in [0, 0.05) is 40.7 Å². The molecular formula is C24H30BrClN2O3. The summed E-state index contributed by atoms with van der Waals surface area (Å²) in [6, 6.07) is 14.0. The zero-order chi connectivity index (χ0) is 22.4. The van der Waals surface area contributed by atoms with Gasteiger partial charge in [-0.25, -0.2) is 4.79 Å². The molecule has 3 rings (SSSR count). The maximum atomic E-state index is 12.0. The second-order valence-electron chi connectivity index (χ2n) is 8.86. The molecule has 0 spiro atoms. The summed E-state index contributed by atoms with van der Waals surface area (Å²) >= 11 is 9.54. The van der Waals surface area contributed by atoms with Gasteiger partial charge in [0.2, 0.25) is 0 Å². The summed E-state index contributed by atoms with van der Waals surface area (Å²) < 4.78 is 12.5. The SMILES string of the molecule is CC(C)(C)OC(=O)NC1CCN(Cc2cc(Br)ccc2OCc2ccc(Cl)cc2)CC1. The number of carbonyl (C=O) groups is 1. The number of piperidine rings is 1. The molecule has 1 saturated heterocycles. The highest BCUT2D eigenvalue weighted by Crippen LogP contribution is 2.27. The molecule has 0 radical (unpaired) electrons. The van der Waals surface area contributed by atoms with Crippen molar-refractivity contribution >= 4 is 33.6 Å². The molecule has 1 amide bonds. The van der Waals surface area contributed by atoms with Crippen molar-refractivity contribution in [2.45, 2.75) is 58.4 Å². The minimum atomic E-state index is -0.478. The number of nitrogens with one attached hydrogen (secondary N) is 1. The van der Waals surface area contributed by atoms with Gasteiger partial charge in [-0.3, -0.25) is 4.90 Å². The van der Waals surface area contributed by atoms with Crippen LogP contribution >= 0.6 is 27.5 Å². The first-order valence-electron chi connectivity index (χ1n) is 10.6. The van der Waals surface area contributed by atoms with E-state index in [1.807, 2.05) is 57.2 Å². The van der Waals surface area contributed by atoms with Crippen molar-refractivity contribution in [1.82, 2.24) is 10.2 Å². The van der Waals surface area contributed by atoms with E-state index in [0.717, 1.165) is 58.8 Å². The first-order valence-corrected chi connectivity index (χ1v) is 11.7. The molecule has 0 atom stereocenters. The molecule has 0 unspecified atom stereocenters. The van der Waals surface area contributed by atoms with Crippen LogP contribution in [0.3, 0.4) is 0 Å². The van der Waals surface area contributed by atoms with Gasteiger partial charge in [-0.05, 0) is 69.5 Å². The minimum Gasteiger partial charge on any atom is -0.489 e. The van der Waals surface area contributed by atoms with E-state index < -0.39 is 5.60 Å². The summed E-state index contributed by atoms with van der Waals surface area (Å²) in [6.07, 6.45) is 1.46. The van der Waals surface area contributed by atoms with Crippen LogP contribution in [0.25, 0.3) is 0 Å². The van der Waals surface area contributed by atoms with Gasteiger partial charge in [-0.1, -0.05) is 39.7 Å². The third-order valence-corrected chi connectivity index (χ3v) is 5.78. The van der Waals surface area contributed by atoms with Gasteiger partial charge in [-0.2, -0.15) is 0 Å². The van der Waals surface area contributed by atoms with E-state index in [2.05, 4.69) is 32.2 Å². The summed E-state index contributed by atoms with van der Waals surface area (Å²) in [5, 5.41) is 3.71. The molecule has 31 heavy (non-hydrogen) atoms. The average molecular weight is 510 g/mol. The van der Waals surface area contributed by atoms with Crippen molar-refractivity contribution in [1.29, 1.82) is 0 Å². The number of halogens is 2. The Balaban J connectivity index is 1.53. The molecule has 1 N–H and O–H groups in total. The second kappa shape index (κ2) is 10.7. The van der Waals surface area contributed by atoms with Crippen LogP contribution < -0.4 is 10.1 Å². The zero-order valence-electron chi connectivity index (χ0n) is 18.3. The van der Waals surface area contributed by atoms with E-state index in [1.54, 1.807) is 0 Å². The molecule has 1 heterocycles. The standard InChI is InChI=1S/C24H30BrClN2O3/c1-24(2,3)31-23(29)27-21-10-12-28(13-11-21)15-18-14-19(25)6-9-22(18)30-16-17-4-7-20(26)8-5-17/h4-9,14,21H,10-13,15-16H2,1-3H3,(H,27,29). The Kier molecular flexibility index (Phi) is 8.25. The van der Waals surface area contributed by atoms with Crippen LogP contribution in [0.1, 0.15) is 44.7 Å². The van der Waals surface area contributed by atoms with Gasteiger partial charge >= 0.3 is 6.09 Å². The second-order valence-corrected chi connectivity index (χ2v) is 10.2. The predicted molar refractivity (Wildman–Crippen MR) is 128 cm³/mol. The van der Waals surface area contributed by atoms with Crippen molar-refractivity contribution in [2.24, 2.45) is 0 Å². The third-order valence-electron chi connectivity index (χ3n) is 5.03. The van der Waals surface area contributed by atoms with Crippen LogP contribution in [0.2, 0.25) is 5.02 Å². The molecule has 1 fully saturated rings. The lowest BCUT2D eigenvalue weighted by Gasteiger charge is -2.33. The highest BCUT2D eigenvalue weighted by atomic mass is 79.9. The van der Waals surface area contributed by atoms with Gasteiger partial charge in [0.25, 0.3) is 0 Å². The Labute approximate surface area is 198 Å². The number of rotatable bonds is 6. The van der Waals surface area contributed by atoms with E-state index in [0.29, 0.717) is 6.61 Å². The fourth-order valence-corrected chi connectivity index (χ4v) is 4.04. The number of amides is 1. The van der Waals surface area contributed by atoms with Crippen LogP contribution in [-0.4, -0.2) is 35.7 Å². The normalized spacial score (nSPS) is 15.5. The zero-order valence-corrected chi connectivity index (χ0v) is 20.6. The van der Waals surface area contributed by atoms with E-state index in [1.165, 1.54) is 0 Å². The molecule has 1 aliphatic rings. The Bertz CT molecular complexity index is 875. The van der Waals surface area contributed by atoms with Crippen LogP contribution in [-0.2, 0) is 17.9 Å². The minimum absolute atomic E-state index is 0.147. The summed E-state index contributed by atoms with van der Waals surface area (Å²) in [5.41, 5.74) is 1.74. The predicted octanol–water partition coefficient (Wildman–Crippen LogP) is 6.17. The van der Waals surface area contributed by atoms with Gasteiger partial charge in [0.05, 0.1) is 0 Å². The lowest BCUT2D eigenvalue weighted by atomic mass is 10.0. The van der Waals surface area contributed by atoms with E-state index in [4.69, 9.17) is 21.1 Å². The number of alkyl carbamates (subject to hydrolysis) is 1. The summed E-state index contributed by atoms with van der Waals surface area (Å²) in [7, 11) is 0. The van der Waals surface area contributed by atoms with Gasteiger partial charge in [0.1, 0.15) is 18.0 Å². The number of nitrogens with zero attached hydrogens (tertiary/aromatic N) is 1. The van der Waals surface area contributed by atoms with Crippen molar-refractivity contribution in [3.05, 3.63) is 63.1 Å². The largest absolute Gasteiger partial charge is 0.489 e. The lowest BCUT2D eigenvalue weighted by Crippen LogP contribution is -2.45. The number of carbonyl (C=O) groups excluding carboxylic acids is 1. The lowest BCUT2D eigenvalue weighted by molar-refractivity contribution is 0.0477. The molecule has 0 saturated carbocycles. The summed E-state index contributed by atoms with van der Waals surface area (Å²) in [5.74, 6) is 0.882. The molecule has 168 valence electrons. The van der Waals surface area contributed by atoms with Crippen LogP contribution in [0.15, 0.2) is 46.9 Å². The van der Waals surface area contributed by atoms with Crippen molar-refractivity contribution < 1.29 is 14.3 Å². The highest BCUT2D eigenvalue weighted by Gasteiger charge is 2.24. The Morgan fingerprint density at radius 2 is 1.84 bits per heavy atom. The Hall–Kier alpha value is -1.76. The molecule has 0 aliphatic carbocycles. The first kappa shape index (κ1) is 23.9. The fourth-order valence-electron chi connectivity index (χ4n) is 3.50. The monoisotopic (exact) mass is 508 g/mol. The molecule has 2 aromatic carbocycles. The molecule has 0 bridgehead atoms. The van der Waals surface area contributed by atoms with Crippen molar-refractivity contribution in [3.63, 3.8) is 0 Å². The molecule has 7 heteroatoms. The maximum absolute atomic E-state index is 12.0.